The summed E-state index contributed by atoms with van der Waals surface area (Å²) < 4.78 is 1.73. The topological polar surface area (TPSA) is 68.0 Å². The molecule has 0 radical (unpaired) electrons. The summed E-state index contributed by atoms with van der Waals surface area (Å²) >= 11 is 0. The van der Waals surface area contributed by atoms with Gasteiger partial charge in [-0.05, 0) is 13.0 Å². The van der Waals surface area contributed by atoms with Gasteiger partial charge in [-0.1, -0.05) is 0 Å². The van der Waals surface area contributed by atoms with Crippen LogP contribution in [0, 0.1) is 6.92 Å². The van der Waals surface area contributed by atoms with E-state index in [1.54, 1.807) is 16.9 Å². The number of aryl methyl sites for hydroxylation is 1. The van der Waals surface area contributed by atoms with Crippen LogP contribution in [0.2, 0.25) is 0 Å². The van der Waals surface area contributed by atoms with Gasteiger partial charge in [0.05, 0.1) is 0 Å². The molecule has 0 unspecified atom stereocenters. The van der Waals surface area contributed by atoms with Gasteiger partial charge < -0.3 is 5.32 Å². The summed E-state index contributed by atoms with van der Waals surface area (Å²) in [5.74, 6) is 1.55. The van der Waals surface area contributed by atoms with Crippen LogP contribution in [0.15, 0.2) is 18.5 Å². The predicted molar refractivity (Wildman–Crippen MR) is 60.4 cm³/mol. The van der Waals surface area contributed by atoms with Gasteiger partial charge in [0, 0.05) is 30.2 Å². The molecule has 0 spiro atoms. The van der Waals surface area contributed by atoms with Gasteiger partial charge >= 0.3 is 0 Å². The monoisotopic (exact) mass is 214 g/mol. The minimum Gasteiger partial charge on any atom is -0.371 e. The van der Waals surface area contributed by atoms with E-state index in [0.29, 0.717) is 0 Å². The van der Waals surface area contributed by atoms with Gasteiger partial charge in [0.15, 0.2) is 17.3 Å². The van der Waals surface area contributed by atoms with Crippen molar-refractivity contribution >= 4 is 22.2 Å². The Morgan fingerprint density at radius 1 is 1.25 bits per heavy atom. The largest absolute Gasteiger partial charge is 0.371 e. The van der Waals surface area contributed by atoms with Gasteiger partial charge in [-0.15, -0.1) is 15.3 Å². The van der Waals surface area contributed by atoms with E-state index in [4.69, 9.17) is 0 Å². The van der Waals surface area contributed by atoms with Gasteiger partial charge in [0.25, 0.3) is 0 Å². The lowest BCUT2D eigenvalue weighted by Crippen LogP contribution is -2.02. The van der Waals surface area contributed by atoms with Crippen LogP contribution >= 0.6 is 0 Å². The number of hydrogen-bond acceptors (Lipinski definition) is 5. The van der Waals surface area contributed by atoms with Crippen molar-refractivity contribution in [2.24, 2.45) is 0 Å². The normalized spacial score (nSPS) is 11.1. The highest BCUT2D eigenvalue weighted by Crippen LogP contribution is 2.22. The summed E-state index contributed by atoms with van der Waals surface area (Å²) in [6.07, 6.45) is 3.52. The zero-order chi connectivity index (χ0) is 11.1. The first-order valence-corrected chi connectivity index (χ1v) is 4.95. The number of fused-ring (bicyclic) bond motifs is 3. The van der Waals surface area contributed by atoms with Crippen LogP contribution in [-0.2, 0) is 0 Å². The van der Waals surface area contributed by atoms with Gasteiger partial charge in [-0.3, -0.25) is 4.98 Å². The fourth-order valence-corrected chi connectivity index (χ4v) is 1.76. The molecule has 0 aliphatic heterocycles. The summed E-state index contributed by atoms with van der Waals surface area (Å²) in [6.45, 7) is 1.87. The summed E-state index contributed by atoms with van der Waals surface area (Å²) in [7, 11) is 1.83. The van der Waals surface area contributed by atoms with Crippen molar-refractivity contribution in [2.75, 3.05) is 12.4 Å². The number of nitrogens with zero attached hydrogens (tertiary/aromatic N) is 5. The van der Waals surface area contributed by atoms with Crippen molar-refractivity contribution < 1.29 is 0 Å². The molecule has 0 saturated heterocycles. The van der Waals surface area contributed by atoms with Crippen LogP contribution in [0.5, 0.6) is 0 Å². The summed E-state index contributed by atoms with van der Waals surface area (Å²) in [4.78, 5) is 4.10. The molecular weight excluding hydrogens is 204 g/mol. The van der Waals surface area contributed by atoms with E-state index in [2.05, 4.69) is 25.6 Å². The number of aromatic nitrogens is 5. The first-order chi connectivity index (χ1) is 7.81. The zero-order valence-electron chi connectivity index (χ0n) is 8.97. The van der Waals surface area contributed by atoms with Crippen LogP contribution in [0.3, 0.4) is 0 Å². The fourth-order valence-electron chi connectivity index (χ4n) is 1.76. The molecule has 0 aromatic carbocycles. The maximum Gasteiger partial charge on any atom is 0.185 e. The van der Waals surface area contributed by atoms with Gasteiger partial charge in [0.2, 0.25) is 0 Å². The highest BCUT2D eigenvalue weighted by atomic mass is 15.4. The van der Waals surface area contributed by atoms with Crippen molar-refractivity contribution in [3.05, 3.63) is 24.3 Å². The molecule has 6 nitrogen and oxygen atoms in total. The maximum atomic E-state index is 4.42. The van der Waals surface area contributed by atoms with Crippen LogP contribution in [-0.4, -0.2) is 31.8 Å². The van der Waals surface area contributed by atoms with Crippen molar-refractivity contribution in [1.29, 1.82) is 0 Å². The second-order valence-corrected chi connectivity index (χ2v) is 3.50. The lowest BCUT2D eigenvalue weighted by atomic mass is 10.2. The highest BCUT2D eigenvalue weighted by Gasteiger charge is 2.10. The van der Waals surface area contributed by atoms with E-state index >= 15 is 0 Å². The van der Waals surface area contributed by atoms with Crippen molar-refractivity contribution in [2.45, 2.75) is 6.92 Å². The van der Waals surface area contributed by atoms with Gasteiger partial charge in [0.1, 0.15) is 0 Å². The van der Waals surface area contributed by atoms with E-state index in [-0.39, 0.29) is 0 Å². The smallest absolute Gasteiger partial charge is 0.185 e. The molecule has 3 aromatic heterocycles. The second-order valence-electron chi connectivity index (χ2n) is 3.50. The van der Waals surface area contributed by atoms with Crippen molar-refractivity contribution in [1.82, 2.24) is 24.8 Å². The fraction of sp³-hybridized carbons (Fsp3) is 0.200. The standard InChI is InChI=1S/C10H10N6/c1-6-13-14-10-7-3-4-12-5-8(7)9(11-2)15-16(6)10/h3-5H,1-2H3,(H,11,15). The first kappa shape index (κ1) is 9.02. The summed E-state index contributed by atoms with van der Waals surface area (Å²) in [5.41, 5.74) is 0.758. The van der Waals surface area contributed by atoms with Gasteiger partial charge in [-0.2, -0.15) is 4.52 Å². The van der Waals surface area contributed by atoms with E-state index in [1.807, 2.05) is 20.0 Å². The zero-order valence-corrected chi connectivity index (χ0v) is 8.97. The van der Waals surface area contributed by atoms with Crippen molar-refractivity contribution in [3.8, 4) is 0 Å². The molecule has 0 fully saturated rings. The Morgan fingerprint density at radius 2 is 2.12 bits per heavy atom. The molecule has 1 N–H and O–H groups in total. The predicted octanol–water partition coefficient (Wildman–Crippen LogP) is 1.02. The third-order valence-electron chi connectivity index (χ3n) is 2.55. The Balaban J connectivity index is 2.58. The number of rotatable bonds is 1. The average molecular weight is 214 g/mol. The molecule has 0 aliphatic rings. The minimum atomic E-state index is 0.758. The first-order valence-electron chi connectivity index (χ1n) is 4.95. The molecule has 3 heterocycles. The summed E-state index contributed by atoms with van der Waals surface area (Å²) in [5, 5.41) is 17.6. The van der Waals surface area contributed by atoms with E-state index in [9.17, 15) is 0 Å². The number of pyridine rings is 1. The SMILES string of the molecule is CNc1nn2c(C)nnc2c2ccncc12. The molecule has 3 aromatic rings. The molecule has 0 amide bonds. The molecule has 0 saturated carbocycles. The molecule has 0 aliphatic carbocycles. The van der Waals surface area contributed by atoms with Crippen molar-refractivity contribution in [3.63, 3.8) is 0 Å². The minimum absolute atomic E-state index is 0.758. The number of hydrogen-bond donors (Lipinski definition) is 1. The molecule has 16 heavy (non-hydrogen) atoms. The molecular formula is C10H10N6. The average Bonchev–Trinajstić information content (AvgIpc) is 2.70. The van der Waals surface area contributed by atoms with E-state index < -0.39 is 0 Å². The summed E-state index contributed by atoms with van der Waals surface area (Å²) in [6, 6.07) is 1.92. The Labute approximate surface area is 91.3 Å². The third kappa shape index (κ3) is 1.06. The lowest BCUT2D eigenvalue weighted by Gasteiger charge is -2.05. The second kappa shape index (κ2) is 3.13. The Morgan fingerprint density at radius 3 is 2.94 bits per heavy atom. The number of nitrogens with one attached hydrogen (secondary N) is 1. The van der Waals surface area contributed by atoms with E-state index in [1.165, 1.54) is 0 Å². The molecule has 80 valence electrons. The van der Waals surface area contributed by atoms with E-state index in [0.717, 1.165) is 28.1 Å². The third-order valence-corrected chi connectivity index (χ3v) is 2.55. The molecule has 3 rings (SSSR count). The van der Waals surface area contributed by atoms with Crippen LogP contribution in [0.4, 0.5) is 5.82 Å². The lowest BCUT2D eigenvalue weighted by molar-refractivity contribution is 0.884. The molecule has 0 bridgehead atoms. The quantitative estimate of drug-likeness (QED) is 0.655. The van der Waals surface area contributed by atoms with Crippen LogP contribution in [0.1, 0.15) is 5.82 Å². The van der Waals surface area contributed by atoms with Gasteiger partial charge in [-0.25, -0.2) is 0 Å². The Hall–Kier alpha value is -2.24. The Bertz CT molecular complexity index is 671. The Kier molecular flexibility index (Phi) is 1.76. The molecule has 6 heteroatoms. The molecule has 0 atom stereocenters. The van der Waals surface area contributed by atoms with Crippen LogP contribution < -0.4 is 5.32 Å². The number of anilines is 1. The maximum absolute atomic E-state index is 4.42. The van der Waals surface area contributed by atoms with Crippen LogP contribution in [0.25, 0.3) is 16.4 Å². The highest BCUT2D eigenvalue weighted by molar-refractivity contribution is 5.99.